The Bertz CT molecular complexity index is 561. The SMILES string of the molecule is C=CCSc1nnc(NC(=O)c2cc(C)cs2)s1. The van der Waals surface area contributed by atoms with E-state index in [1.807, 2.05) is 18.4 Å². The molecule has 0 spiro atoms. The van der Waals surface area contributed by atoms with Gasteiger partial charge in [0.05, 0.1) is 4.88 Å². The van der Waals surface area contributed by atoms with E-state index in [0.29, 0.717) is 10.0 Å². The first-order valence-corrected chi connectivity index (χ1v) is 7.81. The maximum atomic E-state index is 11.9. The first kappa shape index (κ1) is 13.3. The summed E-state index contributed by atoms with van der Waals surface area (Å²) in [4.78, 5) is 12.5. The Morgan fingerprint density at radius 2 is 2.44 bits per heavy atom. The van der Waals surface area contributed by atoms with Gasteiger partial charge in [-0.05, 0) is 23.9 Å². The van der Waals surface area contributed by atoms with E-state index < -0.39 is 0 Å². The molecule has 4 nitrogen and oxygen atoms in total. The second-order valence-corrected chi connectivity index (χ2v) is 6.57. The van der Waals surface area contributed by atoms with E-state index in [-0.39, 0.29) is 5.91 Å². The van der Waals surface area contributed by atoms with Gasteiger partial charge >= 0.3 is 0 Å². The van der Waals surface area contributed by atoms with Crippen molar-refractivity contribution < 1.29 is 4.79 Å². The van der Waals surface area contributed by atoms with Gasteiger partial charge in [-0.1, -0.05) is 29.2 Å². The molecule has 7 heteroatoms. The van der Waals surface area contributed by atoms with Crippen molar-refractivity contribution in [2.75, 3.05) is 11.1 Å². The van der Waals surface area contributed by atoms with E-state index in [4.69, 9.17) is 0 Å². The number of aromatic nitrogens is 2. The molecule has 0 fully saturated rings. The van der Waals surface area contributed by atoms with Crippen LogP contribution in [0.2, 0.25) is 0 Å². The van der Waals surface area contributed by atoms with E-state index in [1.165, 1.54) is 22.7 Å². The fourth-order valence-electron chi connectivity index (χ4n) is 1.16. The Hall–Kier alpha value is -1.18. The fourth-order valence-corrected chi connectivity index (χ4v) is 3.46. The zero-order valence-electron chi connectivity index (χ0n) is 9.67. The Morgan fingerprint density at radius 3 is 3.11 bits per heavy atom. The van der Waals surface area contributed by atoms with Crippen molar-refractivity contribution in [1.82, 2.24) is 10.2 Å². The predicted octanol–water partition coefficient (Wildman–Crippen LogP) is 3.44. The zero-order valence-corrected chi connectivity index (χ0v) is 12.1. The van der Waals surface area contributed by atoms with Crippen LogP contribution in [0.25, 0.3) is 0 Å². The van der Waals surface area contributed by atoms with Crippen LogP contribution in [0.4, 0.5) is 5.13 Å². The third-order valence-corrected chi connectivity index (χ3v) is 4.92. The largest absolute Gasteiger partial charge is 0.296 e. The monoisotopic (exact) mass is 297 g/mol. The number of amides is 1. The summed E-state index contributed by atoms with van der Waals surface area (Å²) in [6.07, 6.45) is 1.80. The van der Waals surface area contributed by atoms with Crippen LogP contribution in [0.1, 0.15) is 15.2 Å². The van der Waals surface area contributed by atoms with Gasteiger partial charge in [0.1, 0.15) is 0 Å². The lowest BCUT2D eigenvalue weighted by Crippen LogP contribution is -2.09. The Morgan fingerprint density at radius 1 is 1.61 bits per heavy atom. The minimum absolute atomic E-state index is 0.135. The molecule has 1 amide bonds. The quantitative estimate of drug-likeness (QED) is 0.522. The molecule has 0 aromatic carbocycles. The summed E-state index contributed by atoms with van der Waals surface area (Å²) in [5, 5.41) is 13.1. The number of anilines is 1. The molecule has 0 aliphatic heterocycles. The van der Waals surface area contributed by atoms with Crippen LogP contribution in [0.3, 0.4) is 0 Å². The molecule has 0 aliphatic rings. The first-order chi connectivity index (χ1) is 8.69. The van der Waals surface area contributed by atoms with Gasteiger partial charge in [-0.25, -0.2) is 0 Å². The van der Waals surface area contributed by atoms with Crippen molar-refractivity contribution in [2.24, 2.45) is 0 Å². The van der Waals surface area contributed by atoms with Crippen molar-refractivity contribution in [2.45, 2.75) is 11.3 Å². The Kier molecular flexibility index (Phi) is 4.51. The molecule has 94 valence electrons. The molecule has 2 aromatic heterocycles. The third kappa shape index (κ3) is 3.41. The van der Waals surface area contributed by atoms with Crippen molar-refractivity contribution in [3.63, 3.8) is 0 Å². The molecule has 0 saturated heterocycles. The molecule has 0 radical (unpaired) electrons. The van der Waals surface area contributed by atoms with Crippen LogP contribution in [0.15, 0.2) is 28.4 Å². The maximum absolute atomic E-state index is 11.9. The fraction of sp³-hybridized carbons (Fsp3) is 0.182. The van der Waals surface area contributed by atoms with Crippen molar-refractivity contribution in [3.8, 4) is 0 Å². The van der Waals surface area contributed by atoms with Crippen LogP contribution in [-0.2, 0) is 0 Å². The summed E-state index contributed by atoms with van der Waals surface area (Å²) in [6.45, 7) is 5.60. The first-order valence-electron chi connectivity index (χ1n) is 5.12. The lowest BCUT2D eigenvalue weighted by Gasteiger charge is -1.96. The number of nitrogens with zero attached hydrogens (tertiary/aromatic N) is 2. The van der Waals surface area contributed by atoms with Gasteiger partial charge in [-0.3, -0.25) is 10.1 Å². The number of carbonyl (C=O) groups is 1. The molecule has 0 saturated carbocycles. The van der Waals surface area contributed by atoms with Gasteiger partial charge in [0, 0.05) is 5.75 Å². The number of thioether (sulfide) groups is 1. The van der Waals surface area contributed by atoms with E-state index in [2.05, 4.69) is 22.1 Å². The number of carbonyl (C=O) groups excluding carboxylic acids is 1. The molecule has 0 bridgehead atoms. The molecule has 18 heavy (non-hydrogen) atoms. The molecule has 2 aromatic rings. The van der Waals surface area contributed by atoms with Gasteiger partial charge < -0.3 is 0 Å². The van der Waals surface area contributed by atoms with Crippen LogP contribution in [0, 0.1) is 6.92 Å². The number of aryl methyl sites for hydroxylation is 1. The lowest BCUT2D eigenvalue weighted by atomic mass is 10.3. The van der Waals surface area contributed by atoms with Crippen LogP contribution in [-0.4, -0.2) is 21.9 Å². The molecular weight excluding hydrogens is 286 g/mol. The Labute approximate surface area is 117 Å². The molecule has 1 N–H and O–H groups in total. The summed E-state index contributed by atoms with van der Waals surface area (Å²) in [6, 6.07) is 1.86. The summed E-state index contributed by atoms with van der Waals surface area (Å²) in [7, 11) is 0. The summed E-state index contributed by atoms with van der Waals surface area (Å²) in [5.41, 5.74) is 1.09. The number of hydrogen-bond donors (Lipinski definition) is 1. The average molecular weight is 297 g/mol. The van der Waals surface area contributed by atoms with E-state index in [0.717, 1.165) is 15.7 Å². The summed E-state index contributed by atoms with van der Waals surface area (Å²) < 4.78 is 0.826. The molecule has 0 aliphatic carbocycles. The number of nitrogens with one attached hydrogen (secondary N) is 1. The van der Waals surface area contributed by atoms with Crippen molar-refractivity contribution in [3.05, 3.63) is 34.5 Å². The minimum atomic E-state index is -0.135. The number of thiophene rings is 1. The second-order valence-electron chi connectivity index (χ2n) is 3.42. The van der Waals surface area contributed by atoms with Crippen LogP contribution >= 0.6 is 34.4 Å². The van der Waals surface area contributed by atoms with E-state index in [1.54, 1.807) is 17.8 Å². The zero-order chi connectivity index (χ0) is 13.0. The number of rotatable bonds is 5. The van der Waals surface area contributed by atoms with E-state index in [9.17, 15) is 4.79 Å². The highest BCUT2D eigenvalue weighted by Gasteiger charge is 2.11. The molecule has 0 unspecified atom stereocenters. The standard InChI is InChI=1S/C11H11N3OS3/c1-3-4-16-11-14-13-10(18-11)12-9(15)8-5-7(2)6-17-8/h3,5-6H,1,4H2,2H3,(H,12,13,15). The summed E-state index contributed by atoms with van der Waals surface area (Å²) >= 11 is 4.34. The third-order valence-electron chi connectivity index (χ3n) is 1.91. The average Bonchev–Trinajstić information content (AvgIpc) is 2.96. The maximum Gasteiger partial charge on any atom is 0.267 e. The molecule has 2 rings (SSSR count). The topological polar surface area (TPSA) is 54.9 Å². The van der Waals surface area contributed by atoms with Gasteiger partial charge in [-0.15, -0.1) is 28.1 Å². The van der Waals surface area contributed by atoms with Crippen LogP contribution < -0.4 is 5.32 Å². The number of hydrogen-bond acceptors (Lipinski definition) is 6. The Balaban J connectivity index is 1.98. The lowest BCUT2D eigenvalue weighted by molar-refractivity contribution is 0.103. The smallest absolute Gasteiger partial charge is 0.267 e. The highest BCUT2D eigenvalue weighted by molar-refractivity contribution is 8.01. The second kappa shape index (κ2) is 6.12. The van der Waals surface area contributed by atoms with Crippen molar-refractivity contribution in [1.29, 1.82) is 0 Å². The van der Waals surface area contributed by atoms with E-state index >= 15 is 0 Å². The minimum Gasteiger partial charge on any atom is -0.296 e. The summed E-state index contributed by atoms with van der Waals surface area (Å²) in [5.74, 6) is 0.650. The van der Waals surface area contributed by atoms with Gasteiger partial charge in [0.15, 0.2) is 4.34 Å². The van der Waals surface area contributed by atoms with Gasteiger partial charge in [0.2, 0.25) is 5.13 Å². The van der Waals surface area contributed by atoms with Crippen molar-refractivity contribution >= 4 is 45.5 Å². The van der Waals surface area contributed by atoms with Gasteiger partial charge in [0.25, 0.3) is 5.91 Å². The predicted molar refractivity (Wildman–Crippen MR) is 77.8 cm³/mol. The molecule has 0 atom stereocenters. The molecule has 2 heterocycles. The van der Waals surface area contributed by atoms with Crippen LogP contribution in [0.5, 0.6) is 0 Å². The highest BCUT2D eigenvalue weighted by Crippen LogP contribution is 2.26. The molecular formula is C11H11N3OS3. The van der Waals surface area contributed by atoms with Gasteiger partial charge in [-0.2, -0.15) is 0 Å². The highest BCUT2D eigenvalue weighted by atomic mass is 32.2. The normalized spacial score (nSPS) is 10.3.